The summed E-state index contributed by atoms with van der Waals surface area (Å²) in [5.74, 6) is 0.441. The van der Waals surface area contributed by atoms with Gasteiger partial charge in [-0.2, -0.15) is 4.31 Å². The SMILES string of the molecule is I.NC(=NCc1cccc(S(=O)(=O)N2CCCCC2)c1)NC1CCCC1. The van der Waals surface area contributed by atoms with Gasteiger partial charge in [0, 0.05) is 19.1 Å². The van der Waals surface area contributed by atoms with Gasteiger partial charge in [-0.25, -0.2) is 13.4 Å². The van der Waals surface area contributed by atoms with Crippen LogP contribution in [-0.2, 0) is 16.6 Å². The molecule has 1 aromatic carbocycles. The van der Waals surface area contributed by atoms with Gasteiger partial charge >= 0.3 is 0 Å². The zero-order valence-corrected chi connectivity index (χ0v) is 18.2. The maximum Gasteiger partial charge on any atom is 0.243 e. The average molecular weight is 492 g/mol. The summed E-state index contributed by atoms with van der Waals surface area (Å²) in [4.78, 5) is 4.72. The average Bonchev–Trinajstić information content (AvgIpc) is 3.14. The zero-order valence-electron chi connectivity index (χ0n) is 15.1. The molecular weight excluding hydrogens is 463 g/mol. The van der Waals surface area contributed by atoms with Gasteiger partial charge in [-0.3, -0.25) is 0 Å². The fraction of sp³-hybridized carbons (Fsp3) is 0.611. The Balaban J connectivity index is 0.00000243. The first-order chi connectivity index (χ1) is 12.1. The minimum atomic E-state index is -3.40. The number of sulfonamides is 1. The van der Waals surface area contributed by atoms with Crippen molar-refractivity contribution < 1.29 is 8.42 Å². The highest BCUT2D eigenvalue weighted by Gasteiger charge is 2.25. The van der Waals surface area contributed by atoms with Crippen molar-refractivity contribution in [3.05, 3.63) is 29.8 Å². The van der Waals surface area contributed by atoms with E-state index in [9.17, 15) is 8.42 Å². The van der Waals surface area contributed by atoms with Gasteiger partial charge in [-0.1, -0.05) is 31.4 Å². The van der Waals surface area contributed by atoms with Crippen LogP contribution in [0.15, 0.2) is 34.2 Å². The number of benzene rings is 1. The summed E-state index contributed by atoms with van der Waals surface area (Å²) >= 11 is 0. The molecule has 0 radical (unpaired) electrons. The molecule has 1 aliphatic carbocycles. The smallest absolute Gasteiger partial charge is 0.243 e. The number of nitrogens with zero attached hydrogens (tertiary/aromatic N) is 2. The number of nitrogens with two attached hydrogens (primary N) is 1. The van der Waals surface area contributed by atoms with Crippen molar-refractivity contribution in [2.24, 2.45) is 10.7 Å². The number of guanidine groups is 1. The molecule has 0 spiro atoms. The number of rotatable bonds is 5. The molecule has 0 amide bonds. The molecule has 0 unspecified atom stereocenters. The van der Waals surface area contributed by atoms with Gasteiger partial charge < -0.3 is 11.1 Å². The summed E-state index contributed by atoms with van der Waals surface area (Å²) in [5.41, 5.74) is 6.81. The maximum absolute atomic E-state index is 12.8. The lowest BCUT2D eigenvalue weighted by Crippen LogP contribution is -2.38. The zero-order chi connectivity index (χ0) is 17.7. The van der Waals surface area contributed by atoms with E-state index < -0.39 is 10.0 Å². The van der Waals surface area contributed by atoms with Gasteiger partial charge in [-0.05, 0) is 43.4 Å². The number of piperidine rings is 1. The first-order valence-corrected chi connectivity index (χ1v) is 10.7. The third-order valence-corrected chi connectivity index (χ3v) is 6.89. The summed E-state index contributed by atoms with van der Waals surface area (Å²) in [6.45, 7) is 1.61. The second-order valence-electron chi connectivity index (χ2n) is 6.94. The fourth-order valence-electron chi connectivity index (χ4n) is 3.56. The highest BCUT2D eigenvalue weighted by Crippen LogP contribution is 2.21. The largest absolute Gasteiger partial charge is 0.370 e. The van der Waals surface area contributed by atoms with Crippen LogP contribution in [-0.4, -0.2) is 37.8 Å². The highest BCUT2D eigenvalue weighted by molar-refractivity contribution is 14.0. The number of halogens is 1. The fourth-order valence-corrected chi connectivity index (χ4v) is 5.15. The number of hydrogen-bond donors (Lipinski definition) is 2. The van der Waals surface area contributed by atoms with Crippen molar-refractivity contribution in [3.63, 3.8) is 0 Å². The first kappa shape index (κ1) is 21.4. The van der Waals surface area contributed by atoms with Crippen molar-refractivity contribution in [1.29, 1.82) is 0 Å². The van der Waals surface area contributed by atoms with Crippen molar-refractivity contribution in [2.75, 3.05) is 13.1 Å². The van der Waals surface area contributed by atoms with Crippen LogP contribution in [0, 0.1) is 0 Å². The summed E-state index contributed by atoms with van der Waals surface area (Å²) in [6.07, 6.45) is 7.73. The predicted octanol–water partition coefficient (Wildman–Crippen LogP) is 2.83. The first-order valence-electron chi connectivity index (χ1n) is 9.21. The van der Waals surface area contributed by atoms with E-state index in [1.54, 1.807) is 22.5 Å². The molecule has 3 rings (SSSR count). The van der Waals surface area contributed by atoms with E-state index >= 15 is 0 Å². The Kier molecular flexibility index (Phi) is 8.15. The normalized spacial score (nSPS) is 19.9. The molecule has 146 valence electrons. The Labute approximate surface area is 173 Å². The minimum absolute atomic E-state index is 0. The lowest BCUT2D eigenvalue weighted by atomic mass is 10.2. The summed E-state index contributed by atoms with van der Waals surface area (Å²) < 4.78 is 27.1. The Morgan fingerprint density at radius 1 is 1.15 bits per heavy atom. The van der Waals surface area contributed by atoms with Gasteiger partial charge in [0.05, 0.1) is 11.4 Å². The third-order valence-electron chi connectivity index (χ3n) is 4.99. The van der Waals surface area contributed by atoms with E-state index in [0.29, 0.717) is 36.5 Å². The van der Waals surface area contributed by atoms with Crippen molar-refractivity contribution in [3.8, 4) is 0 Å². The van der Waals surface area contributed by atoms with Crippen molar-refractivity contribution >= 4 is 40.0 Å². The molecule has 6 nitrogen and oxygen atoms in total. The Morgan fingerprint density at radius 2 is 1.85 bits per heavy atom. The van der Waals surface area contributed by atoms with Crippen LogP contribution in [0.4, 0.5) is 0 Å². The Hall–Kier alpha value is -0.870. The Morgan fingerprint density at radius 3 is 2.54 bits per heavy atom. The van der Waals surface area contributed by atoms with Gasteiger partial charge in [0.25, 0.3) is 0 Å². The Bertz CT molecular complexity index is 712. The van der Waals surface area contributed by atoms with Crippen molar-refractivity contribution in [1.82, 2.24) is 9.62 Å². The maximum atomic E-state index is 12.8. The molecule has 0 atom stereocenters. The van der Waals surface area contributed by atoms with Crippen LogP contribution in [0.5, 0.6) is 0 Å². The molecule has 2 fully saturated rings. The van der Waals surface area contributed by atoms with Crippen LogP contribution >= 0.6 is 24.0 Å². The summed E-state index contributed by atoms with van der Waals surface area (Å²) in [6, 6.07) is 7.48. The molecule has 0 bridgehead atoms. The van der Waals surface area contributed by atoms with Crippen molar-refractivity contribution in [2.45, 2.75) is 62.4 Å². The van der Waals surface area contributed by atoms with Crippen LogP contribution < -0.4 is 11.1 Å². The second-order valence-corrected chi connectivity index (χ2v) is 8.88. The van der Waals surface area contributed by atoms with Gasteiger partial charge in [0.2, 0.25) is 10.0 Å². The number of hydrogen-bond acceptors (Lipinski definition) is 3. The monoisotopic (exact) mass is 492 g/mol. The van der Waals surface area contributed by atoms with Gasteiger partial charge in [0.1, 0.15) is 0 Å². The summed E-state index contributed by atoms with van der Waals surface area (Å²) in [5, 5.41) is 3.25. The lowest BCUT2D eigenvalue weighted by molar-refractivity contribution is 0.346. The van der Waals surface area contributed by atoms with E-state index in [2.05, 4.69) is 10.3 Å². The minimum Gasteiger partial charge on any atom is -0.370 e. The quantitative estimate of drug-likeness (QED) is 0.376. The highest BCUT2D eigenvalue weighted by atomic mass is 127. The standard InChI is InChI=1S/C18H28N4O2S.HI/c19-18(21-16-8-2-3-9-16)20-14-15-7-6-10-17(13-15)25(23,24)22-11-4-1-5-12-22;/h6-7,10,13,16H,1-5,8-9,11-12,14H2,(H3,19,20,21);1H. The third kappa shape index (κ3) is 5.56. The van der Waals surface area contributed by atoms with E-state index in [4.69, 9.17) is 5.73 Å². The van der Waals surface area contributed by atoms with E-state index in [1.165, 1.54) is 12.8 Å². The molecule has 1 saturated carbocycles. The van der Waals surface area contributed by atoms with Gasteiger partial charge in [-0.15, -0.1) is 24.0 Å². The number of aliphatic imine (C=N–C) groups is 1. The topological polar surface area (TPSA) is 87.8 Å². The predicted molar refractivity (Wildman–Crippen MR) is 115 cm³/mol. The van der Waals surface area contributed by atoms with Crippen LogP contribution in [0.2, 0.25) is 0 Å². The molecule has 26 heavy (non-hydrogen) atoms. The van der Waals surface area contributed by atoms with Crippen LogP contribution in [0.1, 0.15) is 50.5 Å². The molecule has 2 aliphatic rings. The molecule has 1 heterocycles. The van der Waals surface area contributed by atoms with Gasteiger partial charge in [0.15, 0.2) is 5.96 Å². The molecule has 0 aromatic heterocycles. The molecular formula is C18H29IN4O2S. The summed E-state index contributed by atoms with van der Waals surface area (Å²) in [7, 11) is -3.40. The molecule has 8 heteroatoms. The molecule has 1 saturated heterocycles. The van der Waals surface area contributed by atoms with E-state index in [0.717, 1.165) is 37.7 Å². The lowest BCUT2D eigenvalue weighted by Gasteiger charge is -2.26. The molecule has 3 N–H and O–H groups in total. The number of nitrogens with one attached hydrogen (secondary N) is 1. The molecule has 1 aliphatic heterocycles. The van der Waals surface area contributed by atoms with Crippen LogP contribution in [0.25, 0.3) is 0 Å². The van der Waals surface area contributed by atoms with E-state index in [-0.39, 0.29) is 24.0 Å². The van der Waals surface area contributed by atoms with E-state index in [1.807, 2.05) is 6.07 Å². The second kappa shape index (κ2) is 9.89. The van der Waals surface area contributed by atoms with Crippen LogP contribution in [0.3, 0.4) is 0 Å². The molecule has 1 aromatic rings.